The third kappa shape index (κ3) is 3.52. The fourth-order valence-corrected chi connectivity index (χ4v) is 2.92. The number of ether oxygens (including phenoxy) is 1. The first-order valence-corrected chi connectivity index (χ1v) is 7.35. The Morgan fingerprint density at radius 2 is 2.00 bits per heavy atom. The lowest BCUT2D eigenvalue weighted by Crippen LogP contribution is -2.13. The van der Waals surface area contributed by atoms with E-state index < -0.39 is 0 Å². The third-order valence-electron chi connectivity index (χ3n) is 3.40. The van der Waals surface area contributed by atoms with E-state index in [1.54, 1.807) is 12.1 Å². The Morgan fingerprint density at radius 3 is 2.65 bits per heavy atom. The van der Waals surface area contributed by atoms with Gasteiger partial charge in [-0.25, -0.2) is 4.39 Å². The number of hydrogen-bond acceptors (Lipinski definition) is 1. The summed E-state index contributed by atoms with van der Waals surface area (Å²) in [5.74, 6) is 0.492. The Hall–Kier alpha value is -0.410. The molecule has 1 aromatic rings. The number of hydrogen-bond donors (Lipinski definition) is 0. The smallest absolute Gasteiger partial charge is 0.129 e. The summed E-state index contributed by atoms with van der Waals surface area (Å²) in [5.41, 5.74) is 0.655. The highest BCUT2D eigenvalue weighted by Gasteiger charge is 2.19. The summed E-state index contributed by atoms with van der Waals surface area (Å²) in [5, 5.41) is 0.640. The van der Waals surface area contributed by atoms with Crippen molar-refractivity contribution in [3.8, 4) is 0 Å². The van der Waals surface area contributed by atoms with Crippen LogP contribution in [-0.4, -0.2) is 11.9 Å². The SMILES string of the molecule is Fc1ccccc1C(CBr)OCC1CCCC1. The van der Waals surface area contributed by atoms with Crippen LogP contribution in [0.2, 0.25) is 0 Å². The van der Waals surface area contributed by atoms with Crippen LogP contribution < -0.4 is 0 Å². The minimum atomic E-state index is -0.177. The average Bonchev–Trinajstić information content (AvgIpc) is 2.85. The first-order valence-electron chi connectivity index (χ1n) is 6.23. The van der Waals surface area contributed by atoms with Gasteiger partial charge in [-0.3, -0.25) is 0 Å². The van der Waals surface area contributed by atoms with E-state index in [1.165, 1.54) is 31.7 Å². The number of halogens is 2. The van der Waals surface area contributed by atoms with Crippen molar-refractivity contribution in [1.82, 2.24) is 0 Å². The van der Waals surface area contributed by atoms with E-state index in [2.05, 4.69) is 15.9 Å². The van der Waals surface area contributed by atoms with Crippen LogP contribution in [0, 0.1) is 11.7 Å². The van der Waals surface area contributed by atoms with Gasteiger partial charge in [-0.2, -0.15) is 0 Å². The maximum Gasteiger partial charge on any atom is 0.129 e. The second-order valence-corrected chi connectivity index (χ2v) is 5.30. The van der Waals surface area contributed by atoms with E-state index in [0.717, 1.165) is 6.61 Å². The first-order chi connectivity index (χ1) is 8.31. The molecule has 1 unspecified atom stereocenters. The highest BCUT2D eigenvalue weighted by Crippen LogP contribution is 2.28. The molecule has 94 valence electrons. The van der Waals surface area contributed by atoms with Gasteiger partial charge in [-0.15, -0.1) is 0 Å². The molecule has 0 spiro atoms. The third-order valence-corrected chi connectivity index (χ3v) is 3.99. The van der Waals surface area contributed by atoms with E-state index in [1.807, 2.05) is 6.07 Å². The van der Waals surface area contributed by atoms with Crippen molar-refractivity contribution in [2.75, 3.05) is 11.9 Å². The second kappa shape index (κ2) is 6.50. The van der Waals surface area contributed by atoms with Gasteiger partial charge < -0.3 is 4.74 Å². The number of alkyl halides is 1. The highest BCUT2D eigenvalue weighted by molar-refractivity contribution is 9.09. The van der Waals surface area contributed by atoms with Gasteiger partial charge in [0.25, 0.3) is 0 Å². The minimum absolute atomic E-state index is 0.170. The van der Waals surface area contributed by atoms with Gasteiger partial charge in [0.05, 0.1) is 12.7 Å². The van der Waals surface area contributed by atoms with E-state index in [4.69, 9.17) is 4.74 Å². The van der Waals surface area contributed by atoms with Gasteiger partial charge in [0.2, 0.25) is 0 Å². The molecule has 1 aliphatic rings. The summed E-state index contributed by atoms with van der Waals surface area (Å²) >= 11 is 3.40. The molecule has 0 amide bonds. The molecule has 2 rings (SSSR count). The van der Waals surface area contributed by atoms with Crippen molar-refractivity contribution in [3.63, 3.8) is 0 Å². The molecule has 17 heavy (non-hydrogen) atoms. The molecule has 0 radical (unpaired) electrons. The van der Waals surface area contributed by atoms with Gasteiger partial charge in [-0.05, 0) is 24.8 Å². The molecule has 1 aliphatic carbocycles. The Morgan fingerprint density at radius 1 is 1.29 bits per heavy atom. The Kier molecular flexibility index (Phi) is 4.99. The minimum Gasteiger partial charge on any atom is -0.372 e. The summed E-state index contributed by atoms with van der Waals surface area (Å²) < 4.78 is 19.5. The van der Waals surface area contributed by atoms with Crippen LogP contribution in [0.15, 0.2) is 24.3 Å². The van der Waals surface area contributed by atoms with Gasteiger partial charge in [0.1, 0.15) is 5.82 Å². The van der Waals surface area contributed by atoms with Crippen molar-refractivity contribution in [2.45, 2.75) is 31.8 Å². The molecule has 1 nitrogen and oxygen atoms in total. The zero-order chi connectivity index (χ0) is 12.1. The van der Waals surface area contributed by atoms with Crippen LogP contribution in [0.1, 0.15) is 37.4 Å². The van der Waals surface area contributed by atoms with Crippen molar-refractivity contribution < 1.29 is 9.13 Å². The molecule has 0 aromatic heterocycles. The summed E-state index contributed by atoms with van der Waals surface area (Å²) in [4.78, 5) is 0. The maximum absolute atomic E-state index is 13.6. The van der Waals surface area contributed by atoms with Crippen LogP contribution in [0.4, 0.5) is 4.39 Å². The van der Waals surface area contributed by atoms with Crippen LogP contribution in [-0.2, 0) is 4.74 Å². The van der Waals surface area contributed by atoms with Crippen LogP contribution in [0.5, 0.6) is 0 Å². The fourth-order valence-electron chi connectivity index (χ4n) is 2.38. The monoisotopic (exact) mass is 300 g/mol. The van der Waals surface area contributed by atoms with E-state index in [-0.39, 0.29) is 11.9 Å². The lowest BCUT2D eigenvalue weighted by molar-refractivity contribution is 0.0424. The molecule has 0 aliphatic heterocycles. The van der Waals surface area contributed by atoms with Crippen molar-refractivity contribution in [2.24, 2.45) is 5.92 Å². The van der Waals surface area contributed by atoms with Gasteiger partial charge in [0.15, 0.2) is 0 Å². The quantitative estimate of drug-likeness (QED) is 0.729. The maximum atomic E-state index is 13.6. The van der Waals surface area contributed by atoms with Gasteiger partial charge in [-0.1, -0.05) is 47.0 Å². The zero-order valence-corrected chi connectivity index (χ0v) is 11.5. The average molecular weight is 301 g/mol. The van der Waals surface area contributed by atoms with E-state index >= 15 is 0 Å². The fraction of sp³-hybridized carbons (Fsp3) is 0.571. The van der Waals surface area contributed by atoms with Crippen molar-refractivity contribution >= 4 is 15.9 Å². The highest BCUT2D eigenvalue weighted by atomic mass is 79.9. The zero-order valence-electron chi connectivity index (χ0n) is 9.87. The summed E-state index contributed by atoms with van der Waals surface area (Å²) in [6.07, 6.45) is 4.97. The summed E-state index contributed by atoms with van der Waals surface area (Å²) in [7, 11) is 0. The van der Waals surface area contributed by atoms with Crippen LogP contribution in [0.3, 0.4) is 0 Å². The first kappa shape index (κ1) is 13.0. The standard InChI is InChI=1S/C14H18BrFO/c15-9-14(12-7-3-4-8-13(12)16)17-10-11-5-1-2-6-11/h3-4,7-8,11,14H,1-2,5-6,9-10H2. The van der Waals surface area contributed by atoms with E-state index in [0.29, 0.717) is 16.8 Å². The number of rotatable bonds is 5. The summed E-state index contributed by atoms with van der Waals surface area (Å²) in [6, 6.07) is 6.86. The van der Waals surface area contributed by atoms with Crippen molar-refractivity contribution in [3.05, 3.63) is 35.6 Å². The Labute approximate surface area is 110 Å². The molecule has 3 heteroatoms. The van der Waals surface area contributed by atoms with Crippen molar-refractivity contribution in [1.29, 1.82) is 0 Å². The predicted molar refractivity (Wildman–Crippen MR) is 70.8 cm³/mol. The van der Waals surface area contributed by atoms with E-state index in [9.17, 15) is 4.39 Å². The largest absolute Gasteiger partial charge is 0.372 e. The summed E-state index contributed by atoms with van der Waals surface area (Å²) in [6.45, 7) is 0.755. The van der Waals surface area contributed by atoms with Gasteiger partial charge in [0, 0.05) is 10.9 Å². The Balaban J connectivity index is 1.94. The van der Waals surface area contributed by atoms with Crippen LogP contribution in [0.25, 0.3) is 0 Å². The van der Waals surface area contributed by atoms with Gasteiger partial charge >= 0.3 is 0 Å². The molecule has 1 saturated carbocycles. The topological polar surface area (TPSA) is 9.23 Å². The molecular formula is C14H18BrFO. The molecule has 1 atom stereocenters. The number of benzene rings is 1. The molecule has 0 bridgehead atoms. The Bertz CT molecular complexity index is 350. The molecule has 0 saturated heterocycles. The molecule has 0 N–H and O–H groups in total. The lowest BCUT2D eigenvalue weighted by Gasteiger charge is -2.19. The normalized spacial score (nSPS) is 18.5. The molecule has 0 heterocycles. The van der Waals surface area contributed by atoms with Crippen LogP contribution >= 0.6 is 15.9 Å². The lowest BCUT2D eigenvalue weighted by atomic mass is 10.1. The molecule has 1 fully saturated rings. The molecular weight excluding hydrogens is 283 g/mol. The molecule has 1 aromatic carbocycles. The predicted octanol–water partition coefficient (Wildman–Crippen LogP) is 4.47. The second-order valence-electron chi connectivity index (χ2n) is 4.65.